The molecule has 1 aromatic carbocycles. The topological polar surface area (TPSA) is 115 Å². The van der Waals surface area contributed by atoms with E-state index in [4.69, 9.17) is 11.5 Å². The zero-order chi connectivity index (χ0) is 22.0. The average molecular weight is 427 g/mol. The molecule has 8 nitrogen and oxygen atoms in total. The van der Waals surface area contributed by atoms with Gasteiger partial charge in [-0.2, -0.15) is 9.49 Å². The summed E-state index contributed by atoms with van der Waals surface area (Å²) in [5.74, 6) is -0.677. The van der Waals surface area contributed by atoms with E-state index >= 15 is 0 Å². The number of nitrogens with one attached hydrogen (secondary N) is 1. The Labute approximate surface area is 177 Å². The van der Waals surface area contributed by atoms with E-state index in [2.05, 4.69) is 15.4 Å². The van der Waals surface area contributed by atoms with Crippen molar-refractivity contribution in [2.45, 2.75) is 18.4 Å². The lowest BCUT2D eigenvalue weighted by Crippen LogP contribution is -2.51. The molecular weight excluding hydrogens is 404 g/mol. The third kappa shape index (κ3) is 4.19. The van der Waals surface area contributed by atoms with E-state index in [1.165, 1.54) is 18.2 Å². The zero-order valence-corrected chi connectivity index (χ0v) is 16.8. The van der Waals surface area contributed by atoms with Crippen LogP contribution in [0.3, 0.4) is 0 Å². The Morgan fingerprint density at radius 3 is 2.45 bits per heavy atom. The van der Waals surface area contributed by atoms with Crippen molar-refractivity contribution in [3.05, 3.63) is 66.0 Å². The van der Waals surface area contributed by atoms with Gasteiger partial charge in [-0.25, -0.2) is 9.37 Å². The number of primary amides is 1. The third-order valence-corrected chi connectivity index (χ3v) is 5.67. The molecular formula is C21H23F2N7O. The number of carbonyl (C=O) groups is 1. The van der Waals surface area contributed by atoms with E-state index < -0.39 is 17.4 Å². The van der Waals surface area contributed by atoms with Crippen molar-refractivity contribution >= 4 is 23.2 Å². The van der Waals surface area contributed by atoms with Gasteiger partial charge >= 0.3 is 0 Å². The highest BCUT2D eigenvalue weighted by Gasteiger charge is 2.37. The maximum Gasteiger partial charge on any atom is 0.254 e. The highest BCUT2D eigenvalue weighted by Crippen LogP contribution is 2.33. The summed E-state index contributed by atoms with van der Waals surface area (Å²) >= 11 is 0. The minimum Gasteiger partial charge on any atom is -0.365 e. The predicted octanol–water partition coefficient (Wildman–Crippen LogP) is 2.35. The first kappa shape index (κ1) is 20.7. The number of nitrogens with two attached hydrogens (primary N) is 2. The molecule has 0 bridgehead atoms. The van der Waals surface area contributed by atoms with Crippen LogP contribution in [0.4, 0.5) is 26.1 Å². The first-order valence-electron chi connectivity index (χ1n) is 9.90. The van der Waals surface area contributed by atoms with E-state index in [1.807, 2.05) is 4.90 Å². The molecule has 3 heterocycles. The van der Waals surface area contributed by atoms with Crippen LogP contribution < -0.4 is 21.7 Å². The predicted molar refractivity (Wildman–Crippen MR) is 113 cm³/mol. The highest BCUT2D eigenvalue weighted by molar-refractivity contribution is 5.98. The minimum atomic E-state index is -0.635. The SMILES string of the molecule is NCC1(n2cc(C(N)=O)c(Nc3ccc(F)cc3)n2)CCN(c2cccc(F)n2)CC1. The van der Waals surface area contributed by atoms with Gasteiger partial charge in [0.05, 0.1) is 5.54 Å². The molecule has 10 heteroatoms. The number of anilines is 3. The maximum absolute atomic E-state index is 13.5. The second-order valence-corrected chi connectivity index (χ2v) is 7.57. The number of aromatic nitrogens is 3. The summed E-state index contributed by atoms with van der Waals surface area (Å²) in [5, 5.41) is 7.58. The Hall–Kier alpha value is -3.53. The molecule has 5 N–H and O–H groups in total. The summed E-state index contributed by atoms with van der Waals surface area (Å²) in [6.45, 7) is 1.49. The quantitative estimate of drug-likeness (QED) is 0.520. The van der Waals surface area contributed by atoms with Crippen LogP contribution in [0.25, 0.3) is 0 Å². The van der Waals surface area contributed by atoms with Crippen molar-refractivity contribution in [2.75, 3.05) is 29.9 Å². The van der Waals surface area contributed by atoms with E-state index in [0.717, 1.165) is 0 Å². The number of hydrogen-bond acceptors (Lipinski definition) is 6. The zero-order valence-electron chi connectivity index (χ0n) is 16.8. The molecule has 0 spiro atoms. The van der Waals surface area contributed by atoms with Crippen LogP contribution >= 0.6 is 0 Å². The second-order valence-electron chi connectivity index (χ2n) is 7.57. The highest BCUT2D eigenvalue weighted by atomic mass is 19.1. The van der Waals surface area contributed by atoms with Crippen molar-refractivity contribution in [1.29, 1.82) is 0 Å². The molecule has 1 fully saturated rings. The molecule has 2 aromatic heterocycles. The fourth-order valence-corrected chi connectivity index (χ4v) is 3.81. The van der Waals surface area contributed by atoms with E-state index in [-0.39, 0.29) is 17.2 Å². The Balaban J connectivity index is 1.58. The lowest BCUT2D eigenvalue weighted by molar-refractivity contribution is 0.100. The average Bonchev–Trinajstić information content (AvgIpc) is 3.20. The lowest BCUT2D eigenvalue weighted by atomic mass is 9.87. The summed E-state index contributed by atoms with van der Waals surface area (Å²) in [6, 6.07) is 10.4. The smallest absolute Gasteiger partial charge is 0.254 e. The summed E-state index contributed by atoms with van der Waals surface area (Å²) < 4.78 is 28.4. The molecule has 31 heavy (non-hydrogen) atoms. The van der Waals surface area contributed by atoms with Gasteiger partial charge in [0.25, 0.3) is 5.91 Å². The van der Waals surface area contributed by atoms with Gasteiger partial charge in [-0.05, 0) is 49.2 Å². The molecule has 1 saturated heterocycles. The number of hydrogen-bond donors (Lipinski definition) is 3. The maximum atomic E-state index is 13.5. The first-order valence-corrected chi connectivity index (χ1v) is 9.90. The molecule has 0 atom stereocenters. The van der Waals surface area contributed by atoms with Gasteiger partial charge in [0.1, 0.15) is 17.2 Å². The summed E-state index contributed by atoms with van der Waals surface area (Å²) in [4.78, 5) is 17.9. The lowest BCUT2D eigenvalue weighted by Gasteiger charge is -2.41. The fourth-order valence-electron chi connectivity index (χ4n) is 3.81. The van der Waals surface area contributed by atoms with Crippen LogP contribution in [0.15, 0.2) is 48.7 Å². The number of amides is 1. The number of rotatable bonds is 6. The van der Waals surface area contributed by atoms with Gasteiger partial charge in [0.2, 0.25) is 5.95 Å². The molecule has 0 unspecified atom stereocenters. The minimum absolute atomic E-state index is 0.214. The van der Waals surface area contributed by atoms with Gasteiger partial charge < -0.3 is 21.7 Å². The van der Waals surface area contributed by atoms with E-state index in [1.54, 1.807) is 35.1 Å². The van der Waals surface area contributed by atoms with Crippen LogP contribution in [-0.4, -0.2) is 40.3 Å². The summed E-state index contributed by atoms with van der Waals surface area (Å²) in [7, 11) is 0. The van der Waals surface area contributed by atoms with Gasteiger partial charge in [-0.3, -0.25) is 9.48 Å². The van der Waals surface area contributed by atoms with E-state index in [9.17, 15) is 13.6 Å². The van der Waals surface area contributed by atoms with Gasteiger partial charge in [-0.15, -0.1) is 0 Å². The normalized spacial score (nSPS) is 15.6. The molecule has 0 saturated carbocycles. The summed E-state index contributed by atoms with van der Waals surface area (Å²) in [5.41, 5.74) is 12.0. The second kappa shape index (κ2) is 8.31. The van der Waals surface area contributed by atoms with Gasteiger partial charge in [-0.1, -0.05) is 6.07 Å². The molecule has 0 aliphatic carbocycles. The molecule has 1 aliphatic heterocycles. The Morgan fingerprint density at radius 1 is 1.13 bits per heavy atom. The van der Waals surface area contributed by atoms with Crippen molar-refractivity contribution in [2.24, 2.45) is 11.5 Å². The number of benzene rings is 1. The largest absolute Gasteiger partial charge is 0.365 e. The van der Waals surface area contributed by atoms with Crippen LogP contribution in [0.5, 0.6) is 0 Å². The monoisotopic (exact) mass is 427 g/mol. The number of piperidine rings is 1. The van der Waals surface area contributed by atoms with Crippen molar-refractivity contribution < 1.29 is 13.6 Å². The van der Waals surface area contributed by atoms with Crippen LogP contribution in [0, 0.1) is 11.8 Å². The molecule has 162 valence electrons. The third-order valence-electron chi connectivity index (χ3n) is 5.67. The Bertz CT molecular complexity index is 1080. The molecule has 4 rings (SSSR count). The molecule has 1 aliphatic rings. The standard InChI is InChI=1S/C21H23F2N7O/c22-14-4-6-15(7-5-14)26-20-16(19(25)31)12-30(28-20)21(13-24)8-10-29(11-9-21)18-3-1-2-17(23)27-18/h1-7,12H,8-11,13,24H2,(H2,25,31)(H,26,28). The molecule has 0 radical (unpaired) electrons. The van der Waals surface area contributed by atoms with Crippen LogP contribution in [-0.2, 0) is 5.54 Å². The number of halogens is 2. The Morgan fingerprint density at radius 2 is 1.84 bits per heavy atom. The molecule has 1 amide bonds. The number of pyridine rings is 1. The fraction of sp³-hybridized carbons (Fsp3) is 0.286. The van der Waals surface area contributed by atoms with Crippen LogP contribution in [0.1, 0.15) is 23.2 Å². The van der Waals surface area contributed by atoms with Gasteiger partial charge in [0, 0.05) is 31.5 Å². The Kier molecular flexibility index (Phi) is 5.55. The van der Waals surface area contributed by atoms with Gasteiger partial charge in [0.15, 0.2) is 5.82 Å². The van der Waals surface area contributed by atoms with E-state index in [0.29, 0.717) is 44.0 Å². The van der Waals surface area contributed by atoms with Crippen molar-refractivity contribution in [1.82, 2.24) is 14.8 Å². The number of nitrogens with zero attached hydrogens (tertiary/aromatic N) is 4. The van der Waals surface area contributed by atoms with Crippen molar-refractivity contribution in [3.8, 4) is 0 Å². The first-order chi connectivity index (χ1) is 14.9. The van der Waals surface area contributed by atoms with Crippen LogP contribution in [0.2, 0.25) is 0 Å². The number of carbonyl (C=O) groups excluding carboxylic acids is 1. The van der Waals surface area contributed by atoms with Crippen molar-refractivity contribution in [3.63, 3.8) is 0 Å². The molecule has 3 aromatic rings. The summed E-state index contributed by atoms with van der Waals surface area (Å²) in [6.07, 6.45) is 2.84.